The Labute approximate surface area is 147 Å². The number of aliphatic hydroxyl groups is 1. The summed E-state index contributed by atoms with van der Waals surface area (Å²) in [6.45, 7) is 1.05. The Bertz CT molecular complexity index is 751. The molecule has 2 aromatic rings. The lowest BCUT2D eigenvalue weighted by Crippen LogP contribution is -2.32. The van der Waals surface area contributed by atoms with Crippen LogP contribution in [0.5, 0.6) is 0 Å². The molecule has 0 unspecified atom stereocenters. The fraction of sp³-hybridized carbons (Fsp3) is 0.632. The van der Waals surface area contributed by atoms with Crippen LogP contribution in [-0.4, -0.2) is 45.3 Å². The fourth-order valence-corrected chi connectivity index (χ4v) is 4.34. The van der Waals surface area contributed by atoms with Gasteiger partial charge >= 0.3 is 0 Å². The van der Waals surface area contributed by atoms with Gasteiger partial charge in [-0.15, -0.1) is 0 Å². The summed E-state index contributed by atoms with van der Waals surface area (Å²) in [5.74, 6) is 1.50. The maximum Gasteiger partial charge on any atom is 0.183 e. The molecule has 3 heterocycles. The normalized spacial score (nSPS) is 22.0. The number of carbonyl (C=O) groups excluding carboxylic acids is 1. The van der Waals surface area contributed by atoms with E-state index in [-0.39, 0.29) is 18.4 Å². The molecule has 0 bridgehead atoms. The van der Waals surface area contributed by atoms with Gasteiger partial charge in [0, 0.05) is 18.4 Å². The number of ketones is 1. The Morgan fingerprint density at radius 3 is 2.84 bits per heavy atom. The van der Waals surface area contributed by atoms with Gasteiger partial charge in [0.15, 0.2) is 11.4 Å². The molecule has 2 fully saturated rings. The lowest BCUT2D eigenvalue weighted by Gasteiger charge is -2.23. The predicted molar refractivity (Wildman–Crippen MR) is 96.9 cm³/mol. The lowest BCUT2D eigenvalue weighted by atomic mass is 9.85. The van der Waals surface area contributed by atoms with Crippen LogP contribution < -0.4 is 4.90 Å². The molecule has 1 saturated carbocycles. The van der Waals surface area contributed by atoms with Gasteiger partial charge in [0.05, 0.1) is 12.6 Å². The third kappa shape index (κ3) is 3.27. The van der Waals surface area contributed by atoms with Crippen LogP contribution in [0.25, 0.3) is 11.0 Å². The van der Waals surface area contributed by atoms with E-state index in [9.17, 15) is 9.90 Å². The topological polar surface area (TPSA) is 82.1 Å². The minimum Gasteiger partial charge on any atom is -0.394 e. The smallest absolute Gasteiger partial charge is 0.183 e. The maximum atomic E-state index is 12.7. The predicted octanol–water partition coefficient (Wildman–Crippen LogP) is 3.07. The third-order valence-corrected chi connectivity index (χ3v) is 5.76. The number of rotatable bonds is 5. The average molecular weight is 342 g/mol. The molecule has 134 valence electrons. The fourth-order valence-electron chi connectivity index (χ4n) is 4.34. The van der Waals surface area contributed by atoms with Crippen LogP contribution in [0.2, 0.25) is 0 Å². The van der Waals surface area contributed by atoms with Crippen molar-refractivity contribution in [3.8, 4) is 0 Å². The molecule has 0 amide bonds. The van der Waals surface area contributed by atoms with Crippen molar-refractivity contribution in [3.05, 3.63) is 17.8 Å². The summed E-state index contributed by atoms with van der Waals surface area (Å²) in [5.41, 5.74) is 1.19. The van der Waals surface area contributed by atoms with E-state index in [2.05, 4.69) is 20.1 Å². The van der Waals surface area contributed by atoms with Crippen molar-refractivity contribution in [1.82, 2.24) is 15.2 Å². The molecular weight excluding hydrogens is 316 g/mol. The van der Waals surface area contributed by atoms with Gasteiger partial charge in [-0.1, -0.05) is 32.1 Å². The van der Waals surface area contributed by atoms with Crippen LogP contribution in [0.15, 0.2) is 12.1 Å². The van der Waals surface area contributed by atoms with Crippen LogP contribution in [0.1, 0.15) is 61.9 Å². The molecule has 6 heteroatoms. The van der Waals surface area contributed by atoms with Gasteiger partial charge in [0.25, 0.3) is 0 Å². The first kappa shape index (κ1) is 16.5. The molecular formula is C19H26N4O2. The van der Waals surface area contributed by atoms with Crippen LogP contribution in [0.4, 0.5) is 5.82 Å². The van der Waals surface area contributed by atoms with Crippen molar-refractivity contribution < 1.29 is 9.90 Å². The average Bonchev–Trinajstić information content (AvgIpc) is 3.28. The zero-order valence-corrected chi connectivity index (χ0v) is 14.6. The number of H-pyrrole nitrogens is 1. The number of carbonyl (C=O) groups is 1. The first-order valence-corrected chi connectivity index (χ1v) is 9.52. The Balaban J connectivity index is 1.54. The number of hydrogen-bond acceptors (Lipinski definition) is 5. The van der Waals surface area contributed by atoms with Gasteiger partial charge in [-0.2, -0.15) is 5.10 Å². The Hall–Kier alpha value is -1.95. The van der Waals surface area contributed by atoms with Gasteiger partial charge in [-0.25, -0.2) is 4.98 Å². The molecule has 1 aliphatic heterocycles. The van der Waals surface area contributed by atoms with E-state index in [1.807, 2.05) is 12.1 Å². The van der Waals surface area contributed by atoms with Crippen molar-refractivity contribution in [3.63, 3.8) is 0 Å². The molecule has 25 heavy (non-hydrogen) atoms. The second-order valence-electron chi connectivity index (χ2n) is 7.44. The van der Waals surface area contributed by atoms with Crippen LogP contribution >= 0.6 is 0 Å². The Kier molecular flexibility index (Phi) is 4.70. The molecule has 0 aromatic carbocycles. The molecule has 6 nitrogen and oxygen atoms in total. The Morgan fingerprint density at radius 1 is 1.20 bits per heavy atom. The quantitative estimate of drug-likeness (QED) is 0.816. The largest absolute Gasteiger partial charge is 0.394 e. The van der Waals surface area contributed by atoms with Gasteiger partial charge in [0.1, 0.15) is 11.5 Å². The number of hydrogen-bond donors (Lipinski definition) is 2. The highest BCUT2D eigenvalue weighted by atomic mass is 16.3. The lowest BCUT2D eigenvalue weighted by molar-refractivity contribution is 0.0947. The molecule has 1 saturated heterocycles. The maximum absolute atomic E-state index is 12.7. The number of pyridine rings is 1. The van der Waals surface area contributed by atoms with Gasteiger partial charge in [-0.05, 0) is 30.9 Å². The van der Waals surface area contributed by atoms with E-state index >= 15 is 0 Å². The SMILES string of the molecule is O=C(CC1CCCCC1)c1[nH]nc2nc(N3CCC[C@@H]3CO)ccc12. The number of nitrogens with one attached hydrogen (secondary N) is 1. The number of aromatic nitrogens is 3. The van der Waals surface area contributed by atoms with E-state index in [0.29, 0.717) is 23.7 Å². The third-order valence-electron chi connectivity index (χ3n) is 5.76. The summed E-state index contributed by atoms with van der Waals surface area (Å²) in [4.78, 5) is 19.4. The highest BCUT2D eigenvalue weighted by Crippen LogP contribution is 2.29. The summed E-state index contributed by atoms with van der Waals surface area (Å²) < 4.78 is 0. The van der Waals surface area contributed by atoms with E-state index in [1.54, 1.807) is 0 Å². The summed E-state index contributed by atoms with van der Waals surface area (Å²) >= 11 is 0. The van der Waals surface area contributed by atoms with E-state index in [0.717, 1.165) is 43.4 Å². The van der Waals surface area contributed by atoms with E-state index < -0.39 is 0 Å². The zero-order valence-electron chi connectivity index (χ0n) is 14.6. The second kappa shape index (κ2) is 7.12. The van der Waals surface area contributed by atoms with Crippen molar-refractivity contribution >= 4 is 22.6 Å². The number of fused-ring (bicyclic) bond motifs is 1. The number of Topliss-reactive ketones (excluding diaryl/α,β-unsaturated/α-hetero) is 1. The first-order valence-electron chi connectivity index (χ1n) is 9.52. The van der Waals surface area contributed by atoms with Crippen LogP contribution in [-0.2, 0) is 0 Å². The molecule has 0 spiro atoms. The first-order chi connectivity index (χ1) is 12.3. The Morgan fingerprint density at radius 2 is 2.04 bits per heavy atom. The molecule has 2 N–H and O–H groups in total. The molecule has 4 rings (SSSR count). The standard InChI is InChI=1S/C19H26N4O2/c24-12-14-7-4-10-23(14)17-9-8-15-18(21-22-19(15)20-17)16(25)11-13-5-2-1-3-6-13/h8-9,13-14,24H,1-7,10-12H2,(H,20,21,22)/t14-/m1/s1. The van der Waals surface area contributed by atoms with Crippen molar-refractivity contribution in [2.24, 2.45) is 5.92 Å². The molecule has 1 atom stereocenters. The van der Waals surface area contributed by atoms with Crippen molar-refractivity contribution in [1.29, 1.82) is 0 Å². The highest BCUT2D eigenvalue weighted by molar-refractivity contribution is 6.05. The van der Waals surface area contributed by atoms with Gasteiger partial charge in [-0.3, -0.25) is 9.89 Å². The summed E-state index contributed by atoms with van der Waals surface area (Å²) in [6.07, 6.45) is 8.78. The van der Waals surface area contributed by atoms with Crippen molar-refractivity contribution in [2.45, 2.75) is 57.4 Å². The van der Waals surface area contributed by atoms with Gasteiger partial charge in [0.2, 0.25) is 0 Å². The zero-order chi connectivity index (χ0) is 17.2. The molecule has 2 aromatic heterocycles. The molecule has 1 aliphatic carbocycles. The molecule has 2 aliphatic rings. The van der Waals surface area contributed by atoms with Crippen LogP contribution in [0, 0.1) is 5.92 Å². The number of nitrogens with zero attached hydrogens (tertiary/aromatic N) is 3. The minimum absolute atomic E-state index is 0.135. The second-order valence-corrected chi connectivity index (χ2v) is 7.44. The number of aliphatic hydroxyl groups excluding tert-OH is 1. The van der Waals surface area contributed by atoms with E-state index in [1.165, 1.54) is 19.3 Å². The summed E-state index contributed by atoms with van der Waals surface area (Å²) in [6, 6.07) is 4.03. The molecule has 0 radical (unpaired) electrons. The summed E-state index contributed by atoms with van der Waals surface area (Å²) in [7, 11) is 0. The van der Waals surface area contributed by atoms with Crippen LogP contribution in [0.3, 0.4) is 0 Å². The van der Waals surface area contributed by atoms with Crippen molar-refractivity contribution in [2.75, 3.05) is 18.1 Å². The number of anilines is 1. The number of aromatic amines is 1. The minimum atomic E-state index is 0.135. The van der Waals surface area contributed by atoms with Gasteiger partial charge < -0.3 is 10.0 Å². The van der Waals surface area contributed by atoms with E-state index in [4.69, 9.17) is 0 Å². The highest BCUT2D eigenvalue weighted by Gasteiger charge is 2.26. The monoisotopic (exact) mass is 342 g/mol. The summed E-state index contributed by atoms with van der Waals surface area (Å²) in [5, 5.41) is 17.5.